The van der Waals surface area contributed by atoms with Gasteiger partial charge in [0.05, 0.1) is 18.1 Å². The van der Waals surface area contributed by atoms with Crippen LogP contribution in [0.1, 0.15) is 0 Å². The molecule has 0 unspecified atom stereocenters. The average Bonchev–Trinajstić information content (AvgIpc) is 2.75. The number of ether oxygens (including phenoxy) is 1. The Morgan fingerprint density at radius 1 is 1.50 bits per heavy atom. The van der Waals surface area contributed by atoms with Crippen LogP contribution in [0.15, 0.2) is 23.4 Å². The molecule has 0 saturated carbocycles. The molecular formula is C10H10N2OS. The summed E-state index contributed by atoms with van der Waals surface area (Å²) in [5.41, 5.74) is 2.25. The topological polar surface area (TPSA) is 27.1 Å². The second-order valence-corrected chi connectivity index (χ2v) is 4.31. The Morgan fingerprint density at radius 3 is 3.29 bits per heavy atom. The third-order valence-corrected chi connectivity index (χ3v) is 3.42. The van der Waals surface area contributed by atoms with Gasteiger partial charge in [-0.05, 0) is 12.1 Å². The van der Waals surface area contributed by atoms with Gasteiger partial charge in [0.15, 0.2) is 5.16 Å². The van der Waals surface area contributed by atoms with Crippen molar-refractivity contribution in [1.29, 1.82) is 0 Å². The molecule has 0 atom stereocenters. The molecule has 72 valence electrons. The summed E-state index contributed by atoms with van der Waals surface area (Å²) >= 11 is 1.82. The van der Waals surface area contributed by atoms with Crippen LogP contribution in [0.5, 0.6) is 5.75 Å². The van der Waals surface area contributed by atoms with E-state index in [1.807, 2.05) is 23.9 Å². The summed E-state index contributed by atoms with van der Waals surface area (Å²) in [6.45, 7) is 1.07. The molecule has 1 aliphatic heterocycles. The first kappa shape index (κ1) is 8.17. The zero-order valence-corrected chi connectivity index (χ0v) is 8.67. The number of thioether (sulfide) groups is 1. The summed E-state index contributed by atoms with van der Waals surface area (Å²) in [5, 5.41) is 1.13. The second-order valence-electron chi connectivity index (χ2n) is 3.25. The molecule has 1 aromatic heterocycles. The van der Waals surface area contributed by atoms with Crippen molar-refractivity contribution >= 4 is 22.8 Å². The van der Waals surface area contributed by atoms with Gasteiger partial charge >= 0.3 is 0 Å². The van der Waals surface area contributed by atoms with Crippen LogP contribution >= 0.6 is 11.8 Å². The Bertz CT molecular complexity index is 492. The van der Waals surface area contributed by atoms with Gasteiger partial charge < -0.3 is 9.30 Å². The molecule has 14 heavy (non-hydrogen) atoms. The van der Waals surface area contributed by atoms with E-state index in [1.165, 1.54) is 5.52 Å². The lowest BCUT2D eigenvalue weighted by Gasteiger charge is -2.00. The van der Waals surface area contributed by atoms with Crippen LogP contribution in [0.2, 0.25) is 0 Å². The van der Waals surface area contributed by atoms with Gasteiger partial charge in [-0.25, -0.2) is 4.98 Å². The monoisotopic (exact) mass is 206 g/mol. The minimum Gasteiger partial charge on any atom is -0.497 e. The number of hydrogen-bond donors (Lipinski definition) is 0. The third kappa shape index (κ3) is 1.04. The van der Waals surface area contributed by atoms with Gasteiger partial charge in [0.1, 0.15) is 5.75 Å². The van der Waals surface area contributed by atoms with Gasteiger partial charge in [-0.2, -0.15) is 0 Å². The minimum atomic E-state index is 0.874. The summed E-state index contributed by atoms with van der Waals surface area (Å²) in [5.74, 6) is 2.02. The predicted octanol–water partition coefficient (Wildman–Crippen LogP) is 2.15. The lowest BCUT2D eigenvalue weighted by molar-refractivity contribution is 0.415. The highest BCUT2D eigenvalue weighted by atomic mass is 32.2. The van der Waals surface area contributed by atoms with Crippen LogP contribution in [0.25, 0.3) is 11.0 Å². The predicted molar refractivity (Wildman–Crippen MR) is 57.0 cm³/mol. The second kappa shape index (κ2) is 2.92. The van der Waals surface area contributed by atoms with Crippen molar-refractivity contribution in [2.75, 3.05) is 12.9 Å². The number of aryl methyl sites for hydroxylation is 1. The van der Waals surface area contributed by atoms with Gasteiger partial charge in [-0.15, -0.1) is 0 Å². The van der Waals surface area contributed by atoms with E-state index in [-0.39, 0.29) is 0 Å². The zero-order valence-electron chi connectivity index (χ0n) is 7.86. The minimum absolute atomic E-state index is 0.874. The number of benzene rings is 1. The molecule has 3 nitrogen and oxygen atoms in total. The molecule has 1 aliphatic rings. The van der Waals surface area contributed by atoms with E-state index in [2.05, 4.69) is 15.6 Å². The summed E-state index contributed by atoms with van der Waals surface area (Å²) in [7, 11) is 1.68. The number of imidazole rings is 1. The molecule has 0 aliphatic carbocycles. The maximum atomic E-state index is 5.17. The van der Waals surface area contributed by atoms with E-state index in [4.69, 9.17) is 4.74 Å². The lowest BCUT2D eigenvalue weighted by atomic mass is 10.3. The Labute approximate surface area is 86.1 Å². The van der Waals surface area contributed by atoms with Gasteiger partial charge in [0.2, 0.25) is 0 Å². The van der Waals surface area contributed by atoms with Crippen LogP contribution in [-0.4, -0.2) is 22.4 Å². The van der Waals surface area contributed by atoms with E-state index in [9.17, 15) is 0 Å². The van der Waals surface area contributed by atoms with Crippen LogP contribution in [0.3, 0.4) is 0 Å². The Hall–Kier alpha value is -1.16. The molecular weight excluding hydrogens is 196 g/mol. The number of hydrogen-bond acceptors (Lipinski definition) is 3. The smallest absolute Gasteiger partial charge is 0.169 e. The van der Waals surface area contributed by atoms with Crippen LogP contribution in [0, 0.1) is 0 Å². The van der Waals surface area contributed by atoms with E-state index in [0.717, 1.165) is 28.7 Å². The summed E-state index contributed by atoms with van der Waals surface area (Å²) < 4.78 is 7.43. The first-order valence-corrected chi connectivity index (χ1v) is 5.54. The third-order valence-electron chi connectivity index (χ3n) is 2.47. The summed E-state index contributed by atoms with van der Waals surface area (Å²) in [6.07, 6.45) is 0. The number of methoxy groups -OCH3 is 1. The molecule has 0 amide bonds. The van der Waals surface area contributed by atoms with E-state index < -0.39 is 0 Å². The van der Waals surface area contributed by atoms with Crippen molar-refractivity contribution in [3.63, 3.8) is 0 Å². The molecule has 2 heterocycles. The maximum absolute atomic E-state index is 5.17. The number of fused-ring (bicyclic) bond motifs is 3. The quantitative estimate of drug-likeness (QED) is 0.715. The van der Waals surface area contributed by atoms with Crippen molar-refractivity contribution in [3.8, 4) is 5.75 Å². The Kier molecular flexibility index (Phi) is 1.70. The van der Waals surface area contributed by atoms with Crippen LogP contribution < -0.4 is 4.74 Å². The van der Waals surface area contributed by atoms with E-state index in [1.54, 1.807) is 7.11 Å². The Morgan fingerprint density at radius 2 is 2.43 bits per heavy atom. The molecule has 0 spiro atoms. The van der Waals surface area contributed by atoms with Gasteiger partial charge in [0, 0.05) is 18.4 Å². The van der Waals surface area contributed by atoms with Crippen LogP contribution in [-0.2, 0) is 6.54 Å². The maximum Gasteiger partial charge on any atom is 0.169 e. The summed E-state index contributed by atoms with van der Waals surface area (Å²) in [6, 6.07) is 6.05. The van der Waals surface area contributed by atoms with Gasteiger partial charge in [0.25, 0.3) is 0 Å². The average molecular weight is 206 g/mol. The molecule has 0 saturated heterocycles. The van der Waals surface area contributed by atoms with Gasteiger partial charge in [-0.1, -0.05) is 11.8 Å². The van der Waals surface area contributed by atoms with Crippen molar-refractivity contribution in [2.24, 2.45) is 0 Å². The number of nitrogens with zero attached hydrogens (tertiary/aromatic N) is 2. The fraction of sp³-hybridized carbons (Fsp3) is 0.300. The highest BCUT2D eigenvalue weighted by Gasteiger charge is 2.16. The summed E-state index contributed by atoms with van der Waals surface area (Å²) in [4.78, 5) is 4.55. The molecule has 0 fully saturated rings. The van der Waals surface area contributed by atoms with Crippen molar-refractivity contribution in [3.05, 3.63) is 18.2 Å². The standard InChI is InChI=1S/C10H10N2OS/c1-13-7-2-3-9-8(6-7)11-10-12(9)4-5-14-10/h2-3,6H,4-5H2,1H3. The molecule has 0 N–H and O–H groups in total. The van der Waals surface area contributed by atoms with Crippen molar-refractivity contribution in [1.82, 2.24) is 9.55 Å². The lowest BCUT2D eigenvalue weighted by Crippen LogP contribution is -1.92. The SMILES string of the molecule is COc1ccc2c(c1)nc1n2CCS1. The number of aromatic nitrogens is 2. The van der Waals surface area contributed by atoms with Crippen LogP contribution in [0.4, 0.5) is 0 Å². The molecule has 4 heteroatoms. The van der Waals surface area contributed by atoms with E-state index in [0.29, 0.717) is 0 Å². The van der Waals surface area contributed by atoms with Crippen molar-refractivity contribution in [2.45, 2.75) is 11.7 Å². The molecule has 0 bridgehead atoms. The molecule has 1 aromatic carbocycles. The molecule has 0 radical (unpaired) electrons. The normalized spacial score (nSPS) is 14.6. The highest BCUT2D eigenvalue weighted by molar-refractivity contribution is 7.99. The molecule has 3 rings (SSSR count). The first-order valence-electron chi connectivity index (χ1n) is 4.55. The fourth-order valence-corrected chi connectivity index (χ4v) is 2.73. The largest absolute Gasteiger partial charge is 0.497 e. The van der Waals surface area contributed by atoms with E-state index >= 15 is 0 Å². The first-order chi connectivity index (χ1) is 6.88. The Balaban J connectivity index is 2.27. The molecule has 2 aromatic rings. The zero-order chi connectivity index (χ0) is 9.54. The highest BCUT2D eigenvalue weighted by Crippen LogP contribution is 2.31. The van der Waals surface area contributed by atoms with Gasteiger partial charge in [-0.3, -0.25) is 0 Å². The number of rotatable bonds is 1. The fourth-order valence-electron chi connectivity index (χ4n) is 1.77. The van der Waals surface area contributed by atoms with Crippen molar-refractivity contribution < 1.29 is 4.74 Å².